The SMILES string of the molecule is CC(C)NCCN(C)C(=O)CC1CC1. The van der Waals surface area contributed by atoms with Gasteiger partial charge in [0.15, 0.2) is 0 Å². The van der Waals surface area contributed by atoms with Gasteiger partial charge in [0.05, 0.1) is 0 Å². The first-order valence-electron chi connectivity index (χ1n) is 5.57. The highest BCUT2D eigenvalue weighted by molar-refractivity contribution is 5.76. The number of amides is 1. The van der Waals surface area contributed by atoms with Crippen molar-refractivity contribution >= 4 is 5.91 Å². The Morgan fingerprint density at radius 3 is 2.64 bits per heavy atom. The van der Waals surface area contributed by atoms with Gasteiger partial charge in [0.2, 0.25) is 5.91 Å². The van der Waals surface area contributed by atoms with Gasteiger partial charge in [-0.25, -0.2) is 0 Å². The van der Waals surface area contributed by atoms with E-state index in [1.807, 2.05) is 11.9 Å². The number of nitrogens with zero attached hydrogens (tertiary/aromatic N) is 1. The maximum absolute atomic E-state index is 11.6. The third-order valence-corrected chi connectivity index (χ3v) is 2.59. The van der Waals surface area contributed by atoms with E-state index >= 15 is 0 Å². The normalized spacial score (nSPS) is 16.0. The summed E-state index contributed by atoms with van der Waals surface area (Å²) in [4.78, 5) is 13.4. The van der Waals surface area contributed by atoms with E-state index < -0.39 is 0 Å². The fourth-order valence-electron chi connectivity index (χ4n) is 1.37. The van der Waals surface area contributed by atoms with Crippen molar-refractivity contribution in [1.82, 2.24) is 10.2 Å². The van der Waals surface area contributed by atoms with Crippen LogP contribution in [-0.2, 0) is 4.79 Å². The van der Waals surface area contributed by atoms with Crippen LogP contribution in [0, 0.1) is 5.92 Å². The van der Waals surface area contributed by atoms with Crippen molar-refractivity contribution in [1.29, 1.82) is 0 Å². The Hall–Kier alpha value is -0.570. The first-order chi connectivity index (χ1) is 6.59. The minimum absolute atomic E-state index is 0.304. The summed E-state index contributed by atoms with van der Waals surface area (Å²) >= 11 is 0. The predicted octanol–water partition coefficient (Wildman–Crippen LogP) is 1.24. The maximum atomic E-state index is 11.6. The van der Waals surface area contributed by atoms with Crippen molar-refractivity contribution in [3.63, 3.8) is 0 Å². The number of hydrogen-bond acceptors (Lipinski definition) is 2. The second-order valence-electron chi connectivity index (χ2n) is 4.57. The van der Waals surface area contributed by atoms with Gasteiger partial charge in [0.1, 0.15) is 0 Å². The molecule has 0 atom stereocenters. The fraction of sp³-hybridized carbons (Fsp3) is 0.909. The van der Waals surface area contributed by atoms with Gasteiger partial charge in [-0.15, -0.1) is 0 Å². The molecule has 0 unspecified atom stereocenters. The van der Waals surface area contributed by atoms with Crippen molar-refractivity contribution < 1.29 is 4.79 Å². The highest BCUT2D eigenvalue weighted by Gasteiger charge is 2.25. The van der Waals surface area contributed by atoms with Gasteiger partial charge < -0.3 is 10.2 Å². The number of carbonyl (C=O) groups is 1. The van der Waals surface area contributed by atoms with Crippen LogP contribution in [0.2, 0.25) is 0 Å². The predicted molar refractivity (Wildman–Crippen MR) is 58.1 cm³/mol. The first-order valence-corrected chi connectivity index (χ1v) is 5.57. The third-order valence-electron chi connectivity index (χ3n) is 2.59. The first kappa shape index (κ1) is 11.5. The lowest BCUT2D eigenvalue weighted by Gasteiger charge is -2.18. The van der Waals surface area contributed by atoms with Crippen LogP contribution in [0.4, 0.5) is 0 Å². The van der Waals surface area contributed by atoms with E-state index in [-0.39, 0.29) is 0 Å². The van der Waals surface area contributed by atoms with Crippen molar-refractivity contribution in [2.24, 2.45) is 5.92 Å². The van der Waals surface area contributed by atoms with Crippen LogP contribution in [-0.4, -0.2) is 37.0 Å². The summed E-state index contributed by atoms with van der Waals surface area (Å²) in [6, 6.07) is 0.502. The molecule has 3 heteroatoms. The Labute approximate surface area is 86.9 Å². The van der Waals surface area contributed by atoms with Gasteiger partial charge in [-0.05, 0) is 18.8 Å². The van der Waals surface area contributed by atoms with Gasteiger partial charge in [-0.3, -0.25) is 4.79 Å². The van der Waals surface area contributed by atoms with E-state index in [0.29, 0.717) is 17.9 Å². The quantitative estimate of drug-likeness (QED) is 0.696. The van der Waals surface area contributed by atoms with Gasteiger partial charge in [0.25, 0.3) is 0 Å². The summed E-state index contributed by atoms with van der Waals surface area (Å²) in [6.45, 7) is 5.95. The number of likely N-dealkylation sites (N-methyl/N-ethyl adjacent to an activating group) is 1. The number of hydrogen-bond donors (Lipinski definition) is 1. The molecule has 1 rings (SSSR count). The Balaban J connectivity index is 2.06. The van der Waals surface area contributed by atoms with E-state index in [0.717, 1.165) is 19.5 Å². The number of rotatable bonds is 6. The zero-order chi connectivity index (χ0) is 10.6. The molecule has 0 aromatic carbocycles. The molecule has 1 aliphatic carbocycles. The minimum atomic E-state index is 0.304. The lowest BCUT2D eigenvalue weighted by molar-refractivity contribution is -0.130. The van der Waals surface area contributed by atoms with Crippen LogP contribution >= 0.6 is 0 Å². The molecule has 3 nitrogen and oxygen atoms in total. The summed E-state index contributed by atoms with van der Waals surface area (Å²) < 4.78 is 0. The Kier molecular flexibility index (Phi) is 4.39. The lowest BCUT2D eigenvalue weighted by Crippen LogP contribution is -2.36. The van der Waals surface area contributed by atoms with Crippen LogP contribution in [0.3, 0.4) is 0 Å². The molecule has 14 heavy (non-hydrogen) atoms. The molecule has 0 saturated heterocycles. The van der Waals surface area contributed by atoms with Crippen LogP contribution in [0.15, 0.2) is 0 Å². The zero-order valence-corrected chi connectivity index (χ0v) is 9.55. The Morgan fingerprint density at radius 2 is 2.14 bits per heavy atom. The maximum Gasteiger partial charge on any atom is 0.222 e. The Morgan fingerprint density at radius 1 is 1.50 bits per heavy atom. The molecule has 1 amide bonds. The molecule has 0 aromatic heterocycles. The Bertz CT molecular complexity index is 188. The van der Waals surface area contributed by atoms with E-state index in [2.05, 4.69) is 19.2 Å². The zero-order valence-electron chi connectivity index (χ0n) is 9.55. The van der Waals surface area contributed by atoms with E-state index in [1.165, 1.54) is 12.8 Å². The molecule has 1 aliphatic rings. The second kappa shape index (κ2) is 5.35. The largest absolute Gasteiger partial charge is 0.344 e. The average Bonchev–Trinajstić information content (AvgIpc) is 2.87. The molecular weight excluding hydrogens is 176 g/mol. The van der Waals surface area contributed by atoms with E-state index in [9.17, 15) is 4.79 Å². The topological polar surface area (TPSA) is 32.3 Å². The molecule has 0 heterocycles. The molecule has 1 saturated carbocycles. The van der Waals surface area contributed by atoms with Gasteiger partial charge in [0, 0.05) is 32.6 Å². The second-order valence-corrected chi connectivity index (χ2v) is 4.57. The molecule has 0 aromatic rings. The highest BCUT2D eigenvalue weighted by atomic mass is 16.2. The lowest BCUT2D eigenvalue weighted by atomic mass is 10.2. The molecule has 0 aliphatic heterocycles. The van der Waals surface area contributed by atoms with Crippen LogP contribution in [0.25, 0.3) is 0 Å². The highest BCUT2D eigenvalue weighted by Crippen LogP contribution is 2.32. The van der Waals surface area contributed by atoms with Crippen molar-refractivity contribution in [3.05, 3.63) is 0 Å². The van der Waals surface area contributed by atoms with Crippen molar-refractivity contribution in [2.75, 3.05) is 20.1 Å². The molecular formula is C11H22N2O. The average molecular weight is 198 g/mol. The summed E-state index contributed by atoms with van der Waals surface area (Å²) in [5.41, 5.74) is 0. The van der Waals surface area contributed by atoms with E-state index in [1.54, 1.807) is 0 Å². The van der Waals surface area contributed by atoms with Crippen LogP contribution in [0.5, 0.6) is 0 Å². The molecule has 0 radical (unpaired) electrons. The summed E-state index contributed by atoms with van der Waals surface area (Å²) in [6.07, 6.45) is 3.27. The number of carbonyl (C=O) groups excluding carboxylic acids is 1. The number of nitrogens with one attached hydrogen (secondary N) is 1. The van der Waals surface area contributed by atoms with Crippen LogP contribution in [0.1, 0.15) is 33.1 Å². The summed E-state index contributed by atoms with van der Waals surface area (Å²) in [7, 11) is 1.90. The van der Waals surface area contributed by atoms with Crippen molar-refractivity contribution in [2.45, 2.75) is 39.2 Å². The molecule has 1 N–H and O–H groups in total. The smallest absolute Gasteiger partial charge is 0.222 e. The third kappa shape index (κ3) is 4.61. The molecule has 0 spiro atoms. The summed E-state index contributed by atoms with van der Waals surface area (Å²) in [5.74, 6) is 1.00. The minimum Gasteiger partial charge on any atom is -0.344 e. The molecule has 1 fully saturated rings. The van der Waals surface area contributed by atoms with Crippen molar-refractivity contribution in [3.8, 4) is 0 Å². The van der Waals surface area contributed by atoms with Crippen LogP contribution < -0.4 is 5.32 Å². The fourth-order valence-corrected chi connectivity index (χ4v) is 1.37. The van der Waals surface area contributed by atoms with Gasteiger partial charge >= 0.3 is 0 Å². The molecule has 0 bridgehead atoms. The van der Waals surface area contributed by atoms with Gasteiger partial charge in [-0.1, -0.05) is 13.8 Å². The standard InChI is InChI=1S/C11H22N2O/c1-9(2)12-6-7-13(3)11(14)8-10-4-5-10/h9-10,12H,4-8H2,1-3H3. The monoisotopic (exact) mass is 198 g/mol. The van der Waals surface area contributed by atoms with Gasteiger partial charge in [-0.2, -0.15) is 0 Å². The summed E-state index contributed by atoms with van der Waals surface area (Å²) in [5, 5.41) is 3.31. The van der Waals surface area contributed by atoms with E-state index in [4.69, 9.17) is 0 Å². The molecule has 82 valence electrons.